The average molecular weight is 428 g/mol. The van der Waals surface area contributed by atoms with Crippen molar-refractivity contribution in [3.63, 3.8) is 0 Å². The standard InChI is InChI=1S/C27H25NO4/c1-3-17-32-22-15-13-19(14-16-22)24-23(25(29)20-11-9-18(2)10-12-20)26(30)27(31)28(24)21-7-5-4-6-8-21/h4-16,24,29H,3,17H2,1-2H3/b25-23-. The van der Waals surface area contributed by atoms with Crippen molar-refractivity contribution >= 4 is 23.1 Å². The van der Waals surface area contributed by atoms with Crippen LogP contribution in [0.15, 0.2) is 84.4 Å². The molecule has 0 aromatic heterocycles. The Kier molecular flexibility index (Phi) is 6.08. The van der Waals surface area contributed by atoms with Crippen LogP contribution in [0.5, 0.6) is 5.75 Å². The SMILES string of the molecule is CCCOc1ccc(C2/C(=C(/O)c3ccc(C)cc3)C(=O)C(=O)N2c2ccccc2)cc1. The lowest BCUT2D eigenvalue weighted by Gasteiger charge is -2.25. The quantitative estimate of drug-likeness (QED) is 0.324. The highest BCUT2D eigenvalue weighted by atomic mass is 16.5. The second kappa shape index (κ2) is 9.10. The average Bonchev–Trinajstić information content (AvgIpc) is 3.09. The highest BCUT2D eigenvalue weighted by Crippen LogP contribution is 2.42. The van der Waals surface area contributed by atoms with E-state index in [1.165, 1.54) is 4.90 Å². The van der Waals surface area contributed by atoms with Crippen LogP contribution in [-0.2, 0) is 9.59 Å². The van der Waals surface area contributed by atoms with Gasteiger partial charge in [0.1, 0.15) is 11.5 Å². The zero-order valence-corrected chi connectivity index (χ0v) is 18.1. The molecule has 1 unspecified atom stereocenters. The van der Waals surface area contributed by atoms with Crippen LogP contribution >= 0.6 is 0 Å². The molecular formula is C27H25NO4. The number of amides is 1. The van der Waals surface area contributed by atoms with Gasteiger partial charge in [0.05, 0.1) is 18.2 Å². The molecular weight excluding hydrogens is 402 g/mol. The summed E-state index contributed by atoms with van der Waals surface area (Å²) >= 11 is 0. The molecule has 0 spiro atoms. The normalized spacial score (nSPS) is 17.6. The van der Waals surface area contributed by atoms with E-state index < -0.39 is 17.7 Å². The molecule has 0 bridgehead atoms. The van der Waals surface area contributed by atoms with Crippen molar-refractivity contribution in [1.29, 1.82) is 0 Å². The Hall–Kier alpha value is -3.86. The van der Waals surface area contributed by atoms with Crippen molar-refractivity contribution in [3.05, 3.63) is 101 Å². The molecule has 1 saturated heterocycles. The van der Waals surface area contributed by atoms with Gasteiger partial charge in [0.2, 0.25) is 0 Å². The lowest BCUT2D eigenvalue weighted by molar-refractivity contribution is -0.132. The van der Waals surface area contributed by atoms with Crippen LogP contribution in [0, 0.1) is 6.92 Å². The number of carbonyl (C=O) groups is 2. The first-order chi connectivity index (χ1) is 15.5. The number of carbonyl (C=O) groups excluding carboxylic acids is 2. The first-order valence-corrected chi connectivity index (χ1v) is 10.7. The van der Waals surface area contributed by atoms with E-state index in [0.29, 0.717) is 29.2 Å². The number of Topliss-reactive ketones (excluding diaryl/α,β-unsaturated/α-hetero) is 1. The number of para-hydroxylation sites is 1. The minimum atomic E-state index is -0.751. The van der Waals surface area contributed by atoms with Gasteiger partial charge < -0.3 is 9.84 Å². The zero-order chi connectivity index (χ0) is 22.7. The van der Waals surface area contributed by atoms with Gasteiger partial charge in [-0.3, -0.25) is 14.5 Å². The Morgan fingerprint density at radius 1 is 0.938 bits per heavy atom. The number of anilines is 1. The van der Waals surface area contributed by atoms with E-state index in [0.717, 1.165) is 12.0 Å². The van der Waals surface area contributed by atoms with Crippen molar-refractivity contribution in [3.8, 4) is 5.75 Å². The summed E-state index contributed by atoms with van der Waals surface area (Å²) in [5.41, 5.74) is 2.91. The molecule has 32 heavy (non-hydrogen) atoms. The summed E-state index contributed by atoms with van der Waals surface area (Å²) in [4.78, 5) is 27.7. The van der Waals surface area contributed by atoms with E-state index in [-0.39, 0.29) is 11.3 Å². The third kappa shape index (κ3) is 4.02. The Morgan fingerprint density at radius 2 is 1.59 bits per heavy atom. The molecule has 0 saturated carbocycles. The molecule has 4 rings (SSSR count). The highest BCUT2D eigenvalue weighted by molar-refractivity contribution is 6.51. The van der Waals surface area contributed by atoms with Crippen LogP contribution in [0.3, 0.4) is 0 Å². The maximum Gasteiger partial charge on any atom is 0.300 e. The Labute approximate surface area is 187 Å². The predicted octanol–water partition coefficient (Wildman–Crippen LogP) is 5.41. The summed E-state index contributed by atoms with van der Waals surface area (Å²) in [6.07, 6.45) is 0.895. The van der Waals surface area contributed by atoms with Crippen LogP contribution in [0.25, 0.3) is 5.76 Å². The molecule has 1 heterocycles. The molecule has 5 nitrogen and oxygen atoms in total. The van der Waals surface area contributed by atoms with Gasteiger partial charge in [-0.05, 0) is 43.2 Å². The zero-order valence-electron chi connectivity index (χ0n) is 18.1. The molecule has 162 valence electrons. The number of nitrogens with zero attached hydrogens (tertiary/aromatic N) is 1. The summed E-state index contributed by atoms with van der Waals surface area (Å²) in [5, 5.41) is 11.1. The van der Waals surface area contributed by atoms with Crippen LogP contribution in [0.1, 0.15) is 36.1 Å². The van der Waals surface area contributed by atoms with E-state index >= 15 is 0 Å². The third-order valence-electron chi connectivity index (χ3n) is 5.47. The second-order valence-electron chi connectivity index (χ2n) is 7.79. The third-order valence-corrected chi connectivity index (χ3v) is 5.47. The maximum atomic E-state index is 13.1. The number of benzene rings is 3. The molecule has 1 N–H and O–H groups in total. The summed E-state index contributed by atoms with van der Waals surface area (Å²) in [7, 11) is 0. The van der Waals surface area contributed by atoms with Gasteiger partial charge in [-0.15, -0.1) is 0 Å². The summed E-state index contributed by atoms with van der Waals surface area (Å²) in [5.74, 6) is -0.840. The number of rotatable bonds is 6. The largest absolute Gasteiger partial charge is 0.507 e. The van der Waals surface area contributed by atoms with Crippen LogP contribution < -0.4 is 9.64 Å². The molecule has 0 aliphatic carbocycles. The lowest BCUT2D eigenvalue weighted by Crippen LogP contribution is -2.29. The first-order valence-electron chi connectivity index (χ1n) is 10.7. The number of ketones is 1. The van der Waals surface area contributed by atoms with E-state index in [4.69, 9.17) is 4.74 Å². The topological polar surface area (TPSA) is 66.8 Å². The highest BCUT2D eigenvalue weighted by Gasteiger charge is 2.46. The van der Waals surface area contributed by atoms with Gasteiger partial charge in [-0.25, -0.2) is 0 Å². The van der Waals surface area contributed by atoms with E-state index in [1.54, 1.807) is 24.3 Å². The van der Waals surface area contributed by atoms with E-state index in [9.17, 15) is 14.7 Å². The van der Waals surface area contributed by atoms with Gasteiger partial charge in [0, 0.05) is 11.3 Å². The number of ether oxygens (including phenoxy) is 1. The summed E-state index contributed by atoms with van der Waals surface area (Å²) < 4.78 is 5.67. The van der Waals surface area contributed by atoms with Crippen LogP contribution in [0.4, 0.5) is 5.69 Å². The number of hydrogen-bond donors (Lipinski definition) is 1. The fourth-order valence-electron chi connectivity index (χ4n) is 3.84. The first kappa shape index (κ1) is 21.4. The van der Waals surface area contributed by atoms with Gasteiger partial charge in [-0.2, -0.15) is 0 Å². The number of aliphatic hydroxyl groups is 1. The molecule has 1 atom stereocenters. The van der Waals surface area contributed by atoms with E-state index in [2.05, 4.69) is 0 Å². The lowest BCUT2D eigenvalue weighted by atomic mass is 9.95. The second-order valence-corrected chi connectivity index (χ2v) is 7.79. The number of hydrogen-bond acceptors (Lipinski definition) is 4. The predicted molar refractivity (Wildman–Crippen MR) is 125 cm³/mol. The Morgan fingerprint density at radius 3 is 2.22 bits per heavy atom. The Balaban J connectivity index is 1.85. The molecule has 1 aliphatic rings. The van der Waals surface area contributed by atoms with Crippen molar-refractivity contribution in [2.24, 2.45) is 0 Å². The molecule has 5 heteroatoms. The molecule has 1 aliphatic heterocycles. The van der Waals surface area contributed by atoms with Gasteiger partial charge in [0.25, 0.3) is 11.7 Å². The summed E-state index contributed by atoms with van der Waals surface area (Å²) in [6.45, 7) is 4.59. The maximum absolute atomic E-state index is 13.1. The van der Waals surface area contributed by atoms with Crippen molar-refractivity contribution in [2.75, 3.05) is 11.5 Å². The Bertz CT molecular complexity index is 1150. The fraction of sp³-hybridized carbons (Fsp3) is 0.185. The molecule has 3 aromatic carbocycles. The van der Waals surface area contributed by atoms with Crippen molar-refractivity contribution in [1.82, 2.24) is 0 Å². The monoisotopic (exact) mass is 427 g/mol. The summed E-state index contributed by atoms with van der Waals surface area (Å²) in [6, 6.07) is 22.8. The smallest absolute Gasteiger partial charge is 0.300 e. The molecule has 1 fully saturated rings. The minimum absolute atomic E-state index is 0.0740. The minimum Gasteiger partial charge on any atom is -0.507 e. The van der Waals surface area contributed by atoms with Crippen molar-refractivity contribution < 1.29 is 19.4 Å². The van der Waals surface area contributed by atoms with Gasteiger partial charge >= 0.3 is 0 Å². The van der Waals surface area contributed by atoms with E-state index in [1.807, 2.05) is 68.4 Å². The van der Waals surface area contributed by atoms with Gasteiger partial charge in [0.15, 0.2) is 0 Å². The molecule has 3 aromatic rings. The number of aliphatic hydroxyl groups excluding tert-OH is 1. The molecule has 0 radical (unpaired) electrons. The number of aryl methyl sites for hydroxylation is 1. The van der Waals surface area contributed by atoms with Crippen LogP contribution in [-0.4, -0.2) is 23.4 Å². The van der Waals surface area contributed by atoms with Gasteiger partial charge in [-0.1, -0.05) is 67.1 Å². The molecule has 1 amide bonds. The van der Waals surface area contributed by atoms with Crippen molar-refractivity contribution in [2.45, 2.75) is 26.3 Å². The van der Waals surface area contributed by atoms with Crippen LogP contribution in [0.2, 0.25) is 0 Å². The fourth-order valence-corrected chi connectivity index (χ4v) is 3.84.